The molecule has 0 radical (unpaired) electrons. The van der Waals surface area contributed by atoms with Crippen molar-refractivity contribution in [2.24, 2.45) is 0 Å². The van der Waals surface area contributed by atoms with Crippen molar-refractivity contribution in [1.29, 1.82) is 0 Å². The van der Waals surface area contributed by atoms with Crippen LogP contribution >= 0.6 is 15.9 Å². The molecular weight excluding hydrogens is 410 g/mol. The first-order chi connectivity index (χ1) is 13.0. The Balaban J connectivity index is 1.56. The molecule has 1 aromatic heterocycles. The summed E-state index contributed by atoms with van der Waals surface area (Å²) in [5.41, 5.74) is 1.67. The molecule has 7 heteroatoms. The number of hydrogen-bond donors (Lipinski definition) is 1. The Morgan fingerprint density at radius 1 is 1.07 bits per heavy atom. The van der Waals surface area contributed by atoms with Gasteiger partial charge in [0.15, 0.2) is 12.4 Å². The van der Waals surface area contributed by atoms with Gasteiger partial charge in [0.1, 0.15) is 11.6 Å². The Hall–Kier alpha value is -2.93. The minimum Gasteiger partial charge on any atom is -0.484 e. The molecule has 6 nitrogen and oxygen atoms in total. The SMILES string of the molecule is CC(=O)c1ccc(OCC(=O)Nc2ccnn2Cc2ccc(Br)cc2)cc1. The minimum atomic E-state index is -0.289. The first-order valence-corrected chi connectivity index (χ1v) is 9.10. The van der Waals surface area contributed by atoms with Crippen LogP contribution in [-0.4, -0.2) is 28.1 Å². The number of nitrogens with zero attached hydrogens (tertiary/aromatic N) is 2. The highest BCUT2D eigenvalue weighted by Gasteiger charge is 2.09. The van der Waals surface area contributed by atoms with Crippen LogP contribution in [-0.2, 0) is 11.3 Å². The molecule has 138 valence electrons. The number of anilines is 1. The average molecular weight is 428 g/mol. The lowest BCUT2D eigenvalue weighted by atomic mass is 10.1. The number of halogens is 1. The van der Waals surface area contributed by atoms with Crippen LogP contribution in [0.4, 0.5) is 5.82 Å². The molecule has 2 aromatic carbocycles. The third-order valence-electron chi connectivity index (χ3n) is 3.86. The number of carbonyl (C=O) groups is 2. The molecule has 1 N–H and O–H groups in total. The van der Waals surface area contributed by atoms with Crippen molar-refractivity contribution >= 4 is 33.4 Å². The quantitative estimate of drug-likeness (QED) is 0.580. The first-order valence-electron chi connectivity index (χ1n) is 8.31. The molecule has 1 heterocycles. The van der Waals surface area contributed by atoms with Crippen molar-refractivity contribution in [3.05, 3.63) is 76.4 Å². The van der Waals surface area contributed by atoms with Crippen LogP contribution in [0.15, 0.2) is 65.3 Å². The Bertz CT molecular complexity index is 934. The molecule has 0 fully saturated rings. The number of nitrogens with one attached hydrogen (secondary N) is 1. The van der Waals surface area contributed by atoms with Crippen LogP contribution in [0.25, 0.3) is 0 Å². The molecular formula is C20H18BrN3O3. The van der Waals surface area contributed by atoms with Gasteiger partial charge >= 0.3 is 0 Å². The van der Waals surface area contributed by atoms with E-state index in [2.05, 4.69) is 26.3 Å². The van der Waals surface area contributed by atoms with Crippen molar-refractivity contribution in [3.63, 3.8) is 0 Å². The number of rotatable bonds is 7. The first kappa shape index (κ1) is 18.8. The molecule has 0 aliphatic heterocycles. The molecule has 3 aromatic rings. The van der Waals surface area contributed by atoms with Crippen molar-refractivity contribution in [2.75, 3.05) is 11.9 Å². The summed E-state index contributed by atoms with van der Waals surface area (Å²) in [6.45, 7) is 1.91. The van der Waals surface area contributed by atoms with Crippen LogP contribution in [0.3, 0.4) is 0 Å². The highest BCUT2D eigenvalue weighted by atomic mass is 79.9. The summed E-state index contributed by atoms with van der Waals surface area (Å²) in [6, 6.07) is 16.3. The normalized spacial score (nSPS) is 10.4. The van der Waals surface area contributed by atoms with E-state index in [9.17, 15) is 9.59 Å². The second-order valence-corrected chi connectivity index (χ2v) is 6.83. The summed E-state index contributed by atoms with van der Waals surface area (Å²) in [6.07, 6.45) is 1.63. The van der Waals surface area contributed by atoms with Crippen molar-refractivity contribution < 1.29 is 14.3 Å². The second-order valence-electron chi connectivity index (χ2n) is 5.92. The van der Waals surface area contributed by atoms with E-state index in [1.54, 1.807) is 41.2 Å². The number of ether oxygens (including phenoxy) is 1. The summed E-state index contributed by atoms with van der Waals surface area (Å²) in [7, 11) is 0. The maximum Gasteiger partial charge on any atom is 0.263 e. The molecule has 0 spiro atoms. The zero-order valence-electron chi connectivity index (χ0n) is 14.7. The average Bonchev–Trinajstić information content (AvgIpc) is 3.09. The predicted octanol–water partition coefficient (Wildman–Crippen LogP) is 3.91. The number of hydrogen-bond acceptors (Lipinski definition) is 4. The highest BCUT2D eigenvalue weighted by Crippen LogP contribution is 2.15. The number of amides is 1. The van der Waals surface area contributed by atoms with Gasteiger partial charge in [0.2, 0.25) is 0 Å². The van der Waals surface area contributed by atoms with Gasteiger partial charge in [-0.15, -0.1) is 0 Å². The zero-order valence-corrected chi connectivity index (χ0v) is 16.3. The fourth-order valence-electron chi connectivity index (χ4n) is 2.44. The Morgan fingerprint density at radius 3 is 2.44 bits per heavy atom. The topological polar surface area (TPSA) is 73.2 Å². The van der Waals surface area contributed by atoms with Crippen molar-refractivity contribution in [3.8, 4) is 5.75 Å². The van der Waals surface area contributed by atoms with Gasteiger partial charge in [-0.1, -0.05) is 28.1 Å². The fourth-order valence-corrected chi connectivity index (χ4v) is 2.71. The van der Waals surface area contributed by atoms with Gasteiger partial charge in [-0.25, -0.2) is 4.68 Å². The summed E-state index contributed by atoms with van der Waals surface area (Å²) >= 11 is 3.41. The third kappa shape index (κ3) is 5.27. The number of ketones is 1. The van der Waals surface area contributed by atoms with Gasteiger partial charge in [0.25, 0.3) is 5.91 Å². The lowest BCUT2D eigenvalue weighted by Gasteiger charge is -2.10. The molecule has 0 unspecified atom stereocenters. The molecule has 0 bridgehead atoms. The van der Waals surface area contributed by atoms with Crippen molar-refractivity contribution in [1.82, 2.24) is 9.78 Å². The van der Waals surface area contributed by atoms with E-state index in [4.69, 9.17) is 4.74 Å². The number of Topliss-reactive ketones (excluding diaryl/α,β-unsaturated/α-hetero) is 1. The third-order valence-corrected chi connectivity index (χ3v) is 4.39. The van der Waals surface area contributed by atoms with Gasteiger partial charge in [-0.3, -0.25) is 9.59 Å². The van der Waals surface area contributed by atoms with Gasteiger partial charge in [0.05, 0.1) is 12.7 Å². The minimum absolute atomic E-state index is 0.0154. The highest BCUT2D eigenvalue weighted by molar-refractivity contribution is 9.10. The lowest BCUT2D eigenvalue weighted by Crippen LogP contribution is -2.22. The maximum atomic E-state index is 12.2. The molecule has 0 atom stereocenters. The van der Waals surface area contributed by atoms with E-state index < -0.39 is 0 Å². The van der Waals surface area contributed by atoms with E-state index >= 15 is 0 Å². The Labute approximate surface area is 165 Å². The smallest absolute Gasteiger partial charge is 0.263 e. The summed E-state index contributed by atoms with van der Waals surface area (Å²) in [5.74, 6) is 0.818. The van der Waals surface area contributed by atoms with Gasteiger partial charge in [0, 0.05) is 16.1 Å². The molecule has 0 aliphatic carbocycles. The molecule has 0 saturated carbocycles. The number of benzene rings is 2. The van der Waals surface area contributed by atoms with Crippen LogP contribution < -0.4 is 10.1 Å². The predicted molar refractivity (Wildman–Crippen MR) is 106 cm³/mol. The standard InChI is InChI=1S/C20H18BrN3O3/c1-14(25)16-4-8-18(9-5-16)27-13-20(26)23-19-10-11-22-24(19)12-15-2-6-17(21)7-3-15/h2-11H,12-13H2,1H3,(H,23,26). The molecule has 0 saturated heterocycles. The van der Waals surface area contributed by atoms with E-state index in [-0.39, 0.29) is 18.3 Å². The van der Waals surface area contributed by atoms with E-state index in [0.717, 1.165) is 10.0 Å². The van der Waals surface area contributed by atoms with Crippen LogP contribution in [0.2, 0.25) is 0 Å². The molecule has 27 heavy (non-hydrogen) atoms. The largest absolute Gasteiger partial charge is 0.484 e. The van der Waals surface area contributed by atoms with Crippen LogP contribution in [0, 0.1) is 0 Å². The molecule has 3 rings (SSSR count). The summed E-state index contributed by atoms with van der Waals surface area (Å²) < 4.78 is 8.18. The zero-order chi connectivity index (χ0) is 19.2. The van der Waals surface area contributed by atoms with E-state index in [1.165, 1.54) is 6.92 Å². The fraction of sp³-hybridized carbons (Fsp3) is 0.150. The van der Waals surface area contributed by atoms with E-state index in [1.807, 2.05) is 24.3 Å². The molecule has 1 amide bonds. The van der Waals surface area contributed by atoms with Gasteiger partial charge < -0.3 is 10.1 Å². The summed E-state index contributed by atoms with van der Waals surface area (Å²) in [4.78, 5) is 23.4. The van der Waals surface area contributed by atoms with Gasteiger partial charge in [-0.2, -0.15) is 5.10 Å². The van der Waals surface area contributed by atoms with Crippen molar-refractivity contribution in [2.45, 2.75) is 13.5 Å². The maximum absolute atomic E-state index is 12.2. The Morgan fingerprint density at radius 2 is 1.78 bits per heavy atom. The lowest BCUT2D eigenvalue weighted by molar-refractivity contribution is -0.118. The van der Waals surface area contributed by atoms with Crippen LogP contribution in [0.5, 0.6) is 5.75 Å². The summed E-state index contributed by atoms with van der Waals surface area (Å²) in [5, 5.41) is 7.04. The van der Waals surface area contributed by atoms with E-state index in [0.29, 0.717) is 23.7 Å². The number of carbonyl (C=O) groups excluding carboxylic acids is 2. The van der Waals surface area contributed by atoms with Gasteiger partial charge in [-0.05, 0) is 48.9 Å². The number of aromatic nitrogens is 2. The second kappa shape index (κ2) is 8.64. The monoisotopic (exact) mass is 427 g/mol. The molecule has 0 aliphatic rings. The van der Waals surface area contributed by atoms with Crippen LogP contribution in [0.1, 0.15) is 22.8 Å². The Kier molecular flexibility index (Phi) is 6.03.